The van der Waals surface area contributed by atoms with Crippen molar-refractivity contribution in [3.63, 3.8) is 0 Å². The van der Waals surface area contributed by atoms with Crippen molar-refractivity contribution in [3.8, 4) is 5.75 Å². The van der Waals surface area contributed by atoms with Crippen molar-refractivity contribution in [2.45, 2.75) is 33.4 Å². The predicted octanol–water partition coefficient (Wildman–Crippen LogP) is 4.55. The fourth-order valence-electron chi connectivity index (χ4n) is 2.82. The summed E-state index contributed by atoms with van der Waals surface area (Å²) >= 11 is 6.17. The lowest BCUT2D eigenvalue weighted by Crippen LogP contribution is -2.25. The molecule has 1 N–H and O–H groups in total. The van der Waals surface area contributed by atoms with Crippen molar-refractivity contribution in [1.29, 1.82) is 0 Å². The molecule has 3 rings (SSSR count). The number of nitrogens with zero attached hydrogens (tertiary/aromatic N) is 2. The van der Waals surface area contributed by atoms with Gasteiger partial charge in [-0.05, 0) is 61.2 Å². The van der Waals surface area contributed by atoms with Gasteiger partial charge in [-0.15, -0.1) is 0 Å². The normalized spacial score (nSPS) is 10.7. The Labute approximate surface area is 170 Å². The molecule has 0 aliphatic heterocycles. The van der Waals surface area contributed by atoms with Crippen molar-refractivity contribution in [2.75, 3.05) is 6.54 Å². The maximum atomic E-state index is 12.4. The van der Waals surface area contributed by atoms with Gasteiger partial charge in [-0.2, -0.15) is 5.10 Å². The van der Waals surface area contributed by atoms with E-state index in [0.717, 1.165) is 29.7 Å². The first-order chi connectivity index (χ1) is 13.5. The Kier molecular flexibility index (Phi) is 6.71. The van der Waals surface area contributed by atoms with Crippen LogP contribution in [0.2, 0.25) is 5.02 Å². The lowest BCUT2D eigenvalue weighted by molar-refractivity contribution is 0.0952. The zero-order valence-electron chi connectivity index (χ0n) is 16.1. The van der Waals surface area contributed by atoms with E-state index in [1.54, 1.807) is 6.07 Å². The van der Waals surface area contributed by atoms with Crippen LogP contribution < -0.4 is 10.1 Å². The number of amides is 1. The largest absolute Gasteiger partial charge is 0.487 e. The minimum Gasteiger partial charge on any atom is -0.487 e. The van der Waals surface area contributed by atoms with Crippen LogP contribution in [0.4, 0.5) is 0 Å². The molecule has 5 nitrogen and oxygen atoms in total. The van der Waals surface area contributed by atoms with Crippen molar-refractivity contribution < 1.29 is 9.53 Å². The van der Waals surface area contributed by atoms with Crippen molar-refractivity contribution in [3.05, 3.63) is 82.1 Å². The molecule has 0 spiro atoms. The van der Waals surface area contributed by atoms with Crippen LogP contribution >= 0.6 is 11.6 Å². The van der Waals surface area contributed by atoms with E-state index >= 15 is 0 Å². The molecular weight excluding hydrogens is 374 g/mol. The summed E-state index contributed by atoms with van der Waals surface area (Å²) in [4.78, 5) is 12.4. The van der Waals surface area contributed by atoms with E-state index in [0.29, 0.717) is 29.5 Å². The summed E-state index contributed by atoms with van der Waals surface area (Å²) in [5, 5.41) is 7.77. The van der Waals surface area contributed by atoms with Gasteiger partial charge in [0.25, 0.3) is 5.91 Å². The Morgan fingerprint density at radius 3 is 2.82 bits per heavy atom. The summed E-state index contributed by atoms with van der Waals surface area (Å²) < 4.78 is 7.70. The molecule has 0 fully saturated rings. The van der Waals surface area contributed by atoms with Crippen LogP contribution in [0.25, 0.3) is 0 Å². The van der Waals surface area contributed by atoms with Gasteiger partial charge in [-0.1, -0.05) is 29.8 Å². The van der Waals surface area contributed by atoms with E-state index in [2.05, 4.69) is 10.4 Å². The monoisotopic (exact) mass is 397 g/mol. The highest BCUT2D eigenvalue weighted by Gasteiger charge is 2.07. The molecule has 3 aromatic rings. The molecule has 6 heteroatoms. The maximum Gasteiger partial charge on any atom is 0.251 e. The average molecular weight is 398 g/mol. The van der Waals surface area contributed by atoms with Crippen molar-refractivity contribution in [2.24, 2.45) is 0 Å². The van der Waals surface area contributed by atoms with E-state index in [-0.39, 0.29) is 5.91 Å². The first-order valence-corrected chi connectivity index (χ1v) is 9.64. The Morgan fingerprint density at radius 2 is 2.04 bits per heavy atom. The first kappa shape index (κ1) is 20.0. The summed E-state index contributed by atoms with van der Waals surface area (Å²) in [5.74, 6) is 0.553. The van der Waals surface area contributed by atoms with Gasteiger partial charge in [0.05, 0.1) is 11.2 Å². The van der Waals surface area contributed by atoms with Gasteiger partial charge in [0, 0.05) is 24.8 Å². The number of hydrogen-bond donors (Lipinski definition) is 1. The third kappa shape index (κ3) is 5.60. The lowest BCUT2D eigenvalue weighted by atomic mass is 10.1. The van der Waals surface area contributed by atoms with Crippen LogP contribution in [0, 0.1) is 13.8 Å². The minimum atomic E-state index is -0.0907. The highest BCUT2D eigenvalue weighted by molar-refractivity contribution is 6.32. The van der Waals surface area contributed by atoms with Crippen molar-refractivity contribution >= 4 is 17.5 Å². The topological polar surface area (TPSA) is 56.1 Å². The summed E-state index contributed by atoms with van der Waals surface area (Å²) in [6.07, 6.45) is 4.64. The molecular formula is C22H24ClN3O2. The quantitative estimate of drug-likeness (QED) is 0.567. The van der Waals surface area contributed by atoms with Crippen LogP contribution in [0.15, 0.2) is 54.9 Å². The second kappa shape index (κ2) is 9.42. The number of benzene rings is 2. The molecule has 0 bridgehead atoms. The summed E-state index contributed by atoms with van der Waals surface area (Å²) in [5.41, 5.74) is 3.75. The van der Waals surface area contributed by atoms with Crippen LogP contribution in [0.5, 0.6) is 5.75 Å². The molecule has 146 valence electrons. The highest BCUT2D eigenvalue weighted by Crippen LogP contribution is 2.26. The number of aryl methyl sites for hydroxylation is 3. The zero-order valence-corrected chi connectivity index (χ0v) is 16.9. The molecule has 0 saturated heterocycles. The van der Waals surface area contributed by atoms with Crippen molar-refractivity contribution in [1.82, 2.24) is 15.1 Å². The standard InChI is InChI=1S/C22H24ClN3O2/c1-16-7-8-20(23)21(11-16)28-15-18-5-3-6-19(12-18)22(27)24-9-4-10-26-14-17(2)13-25-26/h3,5-8,11-14H,4,9-10,15H2,1-2H3,(H,24,27). The molecule has 0 unspecified atom stereocenters. The van der Waals surface area contributed by atoms with Crippen LogP contribution in [0.1, 0.15) is 33.5 Å². The third-order valence-electron chi connectivity index (χ3n) is 4.28. The van der Waals surface area contributed by atoms with Gasteiger partial charge in [0.1, 0.15) is 12.4 Å². The number of aromatic nitrogens is 2. The van der Waals surface area contributed by atoms with Gasteiger partial charge in [0.15, 0.2) is 0 Å². The fourth-order valence-corrected chi connectivity index (χ4v) is 2.99. The van der Waals surface area contributed by atoms with Gasteiger partial charge in [0.2, 0.25) is 0 Å². The number of carbonyl (C=O) groups excluding carboxylic acids is 1. The number of hydrogen-bond acceptors (Lipinski definition) is 3. The van der Waals surface area contributed by atoms with E-state index in [1.807, 2.05) is 67.3 Å². The molecule has 2 aromatic carbocycles. The Hall–Kier alpha value is -2.79. The predicted molar refractivity (Wildman–Crippen MR) is 111 cm³/mol. The number of nitrogens with one attached hydrogen (secondary N) is 1. The summed E-state index contributed by atoms with van der Waals surface area (Å²) in [7, 11) is 0. The number of halogens is 1. The van der Waals surface area contributed by atoms with Gasteiger partial charge < -0.3 is 10.1 Å². The van der Waals surface area contributed by atoms with E-state index < -0.39 is 0 Å². The number of ether oxygens (including phenoxy) is 1. The first-order valence-electron chi connectivity index (χ1n) is 9.26. The van der Waals surface area contributed by atoms with Gasteiger partial charge in [-0.3, -0.25) is 9.48 Å². The van der Waals surface area contributed by atoms with E-state index in [9.17, 15) is 4.79 Å². The number of rotatable bonds is 8. The Morgan fingerprint density at radius 1 is 1.18 bits per heavy atom. The summed E-state index contributed by atoms with van der Waals surface area (Å²) in [6, 6.07) is 13.1. The Balaban J connectivity index is 1.50. The second-order valence-electron chi connectivity index (χ2n) is 6.81. The molecule has 1 heterocycles. The van der Waals surface area contributed by atoms with Crippen LogP contribution in [-0.4, -0.2) is 22.2 Å². The fraction of sp³-hybridized carbons (Fsp3) is 0.273. The smallest absolute Gasteiger partial charge is 0.251 e. The molecule has 1 aromatic heterocycles. The molecule has 0 aliphatic carbocycles. The molecule has 1 amide bonds. The zero-order chi connectivity index (χ0) is 19.9. The minimum absolute atomic E-state index is 0.0907. The van der Waals surface area contributed by atoms with Gasteiger partial charge >= 0.3 is 0 Å². The Bertz CT molecular complexity index is 952. The number of carbonyl (C=O) groups is 1. The molecule has 0 radical (unpaired) electrons. The lowest BCUT2D eigenvalue weighted by Gasteiger charge is -2.10. The van der Waals surface area contributed by atoms with E-state index in [1.165, 1.54) is 0 Å². The molecule has 0 atom stereocenters. The van der Waals surface area contributed by atoms with E-state index in [4.69, 9.17) is 16.3 Å². The van der Waals surface area contributed by atoms with Crippen LogP contribution in [0.3, 0.4) is 0 Å². The second-order valence-corrected chi connectivity index (χ2v) is 7.22. The molecule has 0 aliphatic rings. The molecule has 28 heavy (non-hydrogen) atoms. The SMILES string of the molecule is Cc1ccc(Cl)c(OCc2cccc(C(=O)NCCCn3cc(C)cn3)c2)c1. The van der Waals surface area contributed by atoms with Gasteiger partial charge in [-0.25, -0.2) is 0 Å². The third-order valence-corrected chi connectivity index (χ3v) is 4.59. The molecule has 0 saturated carbocycles. The average Bonchev–Trinajstić information content (AvgIpc) is 3.11. The van der Waals surface area contributed by atoms with Crippen LogP contribution in [-0.2, 0) is 13.2 Å². The highest BCUT2D eigenvalue weighted by atomic mass is 35.5. The maximum absolute atomic E-state index is 12.4. The summed E-state index contributed by atoms with van der Waals surface area (Å²) in [6.45, 7) is 5.72.